The van der Waals surface area contributed by atoms with Crippen LogP contribution in [0.25, 0.3) is 21.3 Å². The maximum Gasteiger partial charge on any atom is 0.262 e. The fraction of sp³-hybridized carbons (Fsp3) is 0.231. The Kier molecular flexibility index (Phi) is 2.58. The van der Waals surface area contributed by atoms with Crippen LogP contribution in [0.1, 0.15) is 22.3 Å². The van der Waals surface area contributed by atoms with Gasteiger partial charge in [0.05, 0.1) is 16.8 Å². The molecule has 94 valence electrons. The van der Waals surface area contributed by atoms with E-state index >= 15 is 0 Å². The van der Waals surface area contributed by atoms with Gasteiger partial charge in [0.25, 0.3) is 5.56 Å². The summed E-state index contributed by atoms with van der Waals surface area (Å²) in [5.41, 5.74) is 10.2. The van der Waals surface area contributed by atoms with E-state index in [1.54, 1.807) is 10.6 Å². The van der Waals surface area contributed by atoms with Gasteiger partial charge in [-0.2, -0.15) is 0 Å². The molecule has 1 aromatic carbocycles. The zero-order valence-electron chi connectivity index (χ0n) is 10.0. The molecular weight excluding hydrogens is 244 g/mol. The van der Waals surface area contributed by atoms with E-state index in [-0.39, 0.29) is 16.8 Å². The van der Waals surface area contributed by atoms with Gasteiger partial charge in [0.1, 0.15) is 0 Å². The Bertz CT molecular complexity index is 800. The third-order valence-electron chi connectivity index (χ3n) is 3.47. The number of nitrogens with zero attached hydrogens (tertiary/aromatic N) is 4. The Morgan fingerprint density at radius 1 is 1.42 bits per heavy atom. The van der Waals surface area contributed by atoms with Crippen molar-refractivity contribution in [2.24, 2.45) is 5.11 Å². The molecule has 0 aliphatic carbocycles. The highest BCUT2D eigenvalue weighted by Crippen LogP contribution is 2.32. The van der Waals surface area contributed by atoms with Crippen LogP contribution in [0.4, 0.5) is 5.69 Å². The molecule has 0 fully saturated rings. The number of hydrogen-bond acceptors (Lipinski definition) is 3. The second-order valence-corrected chi connectivity index (χ2v) is 4.44. The lowest BCUT2D eigenvalue weighted by Crippen LogP contribution is -2.27. The monoisotopic (exact) mass is 254 g/mol. The number of aromatic nitrogens is 1. The van der Waals surface area contributed by atoms with Gasteiger partial charge >= 0.3 is 0 Å². The minimum absolute atomic E-state index is 0.0654. The van der Waals surface area contributed by atoms with Crippen LogP contribution >= 0.6 is 0 Å². The molecule has 0 unspecified atom stereocenters. The molecule has 0 amide bonds. The van der Waals surface area contributed by atoms with Crippen molar-refractivity contribution in [3.63, 3.8) is 0 Å². The average molecular weight is 254 g/mol. The molecule has 0 bridgehead atoms. The first-order chi connectivity index (χ1) is 9.27. The number of carbonyl (C=O) groups is 1. The lowest BCUT2D eigenvalue weighted by atomic mass is 9.99. The van der Waals surface area contributed by atoms with Crippen LogP contribution in [-0.2, 0) is 13.0 Å². The van der Waals surface area contributed by atoms with E-state index in [9.17, 15) is 9.59 Å². The maximum absolute atomic E-state index is 12.3. The zero-order chi connectivity index (χ0) is 13.4. The normalized spacial score (nSPS) is 13.1. The first-order valence-electron chi connectivity index (χ1n) is 5.96. The highest BCUT2D eigenvalue weighted by atomic mass is 16.1. The first kappa shape index (κ1) is 11.5. The van der Waals surface area contributed by atoms with Crippen LogP contribution in [0.15, 0.2) is 28.1 Å². The SMILES string of the molecule is [N-]=[N+]=Nc1c(C=O)c(=O)n2c3c(cccc13)CCC2. The molecule has 1 aromatic heterocycles. The predicted molar refractivity (Wildman–Crippen MR) is 70.7 cm³/mol. The van der Waals surface area contributed by atoms with E-state index in [0.29, 0.717) is 18.2 Å². The van der Waals surface area contributed by atoms with Crippen LogP contribution in [0.5, 0.6) is 0 Å². The minimum atomic E-state index is -0.378. The van der Waals surface area contributed by atoms with Gasteiger partial charge in [0, 0.05) is 16.8 Å². The second-order valence-electron chi connectivity index (χ2n) is 4.44. The standard InChI is InChI=1S/C13H10N4O2/c14-16-15-11-9-5-1-3-8-4-2-6-17(12(8)9)13(19)10(11)7-18/h1,3,5,7H,2,4,6H2. The van der Waals surface area contributed by atoms with Gasteiger partial charge in [-0.1, -0.05) is 23.3 Å². The predicted octanol–water partition coefficient (Wildman–Crippen LogP) is 2.70. The molecule has 6 heteroatoms. The third-order valence-corrected chi connectivity index (χ3v) is 3.47. The summed E-state index contributed by atoms with van der Waals surface area (Å²) in [5, 5.41) is 4.21. The van der Waals surface area contributed by atoms with Crippen LogP contribution in [0.3, 0.4) is 0 Å². The molecular formula is C13H10N4O2. The number of carbonyl (C=O) groups excluding carboxylic acids is 1. The lowest BCUT2D eigenvalue weighted by Gasteiger charge is -2.20. The van der Waals surface area contributed by atoms with Crippen LogP contribution in [-0.4, -0.2) is 10.9 Å². The van der Waals surface area contributed by atoms with Crippen molar-refractivity contribution in [3.05, 3.63) is 50.1 Å². The van der Waals surface area contributed by atoms with Gasteiger partial charge in [-0.3, -0.25) is 9.59 Å². The Labute approximate surface area is 107 Å². The molecule has 6 nitrogen and oxygen atoms in total. The van der Waals surface area contributed by atoms with Crippen molar-refractivity contribution in [2.75, 3.05) is 0 Å². The topological polar surface area (TPSA) is 87.8 Å². The number of hydrogen-bond donors (Lipinski definition) is 0. The number of para-hydroxylation sites is 1. The van der Waals surface area contributed by atoms with Crippen LogP contribution in [0.2, 0.25) is 0 Å². The third kappa shape index (κ3) is 1.54. The van der Waals surface area contributed by atoms with Crippen molar-refractivity contribution < 1.29 is 4.79 Å². The van der Waals surface area contributed by atoms with Crippen molar-refractivity contribution in [1.82, 2.24) is 4.57 Å². The Hall–Kier alpha value is -2.59. The Morgan fingerprint density at radius 3 is 3.00 bits per heavy atom. The number of aryl methyl sites for hydroxylation is 2. The van der Waals surface area contributed by atoms with E-state index in [1.807, 2.05) is 12.1 Å². The summed E-state index contributed by atoms with van der Waals surface area (Å²) in [5.74, 6) is 0. The molecule has 2 aromatic rings. The van der Waals surface area contributed by atoms with E-state index in [0.717, 1.165) is 23.9 Å². The first-order valence-corrected chi connectivity index (χ1v) is 5.96. The van der Waals surface area contributed by atoms with Crippen molar-refractivity contribution >= 4 is 22.9 Å². The molecule has 3 rings (SSSR count). The lowest BCUT2D eigenvalue weighted by molar-refractivity contribution is 0.112. The molecule has 0 radical (unpaired) electrons. The number of pyridine rings is 1. The van der Waals surface area contributed by atoms with E-state index in [2.05, 4.69) is 10.0 Å². The van der Waals surface area contributed by atoms with Crippen LogP contribution in [0, 0.1) is 0 Å². The molecule has 19 heavy (non-hydrogen) atoms. The van der Waals surface area contributed by atoms with Gasteiger partial charge in [-0.15, -0.1) is 0 Å². The number of aldehydes is 1. The number of azide groups is 1. The summed E-state index contributed by atoms with van der Waals surface area (Å²) >= 11 is 0. The average Bonchev–Trinajstić information content (AvgIpc) is 2.45. The molecule has 0 atom stereocenters. The fourth-order valence-corrected chi connectivity index (χ4v) is 2.70. The van der Waals surface area contributed by atoms with Gasteiger partial charge in [-0.25, -0.2) is 0 Å². The summed E-state index contributed by atoms with van der Waals surface area (Å²) < 4.78 is 1.61. The summed E-state index contributed by atoms with van der Waals surface area (Å²) in [6.45, 7) is 0.587. The quantitative estimate of drug-likeness (QED) is 0.357. The summed E-state index contributed by atoms with van der Waals surface area (Å²) in [7, 11) is 0. The Morgan fingerprint density at radius 2 is 2.26 bits per heavy atom. The molecule has 1 aliphatic heterocycles. The molecule has 0 N–H and O–H groups in total. The molecule has 1 aliphatic rings. The minimum Gasteiger partial charge on any atom is -0.307 e. The van der Waals surface area contributed by atoms with Gasteiger partial charge in [-0.05, 0) is 23.9 Å². The summed E-state index contributed by atoms with van der Waals surface area (Å²) in [4.78, 5) is 26.1. The zero-order valence-corrected chi connectivity index (χ0v) is 10.0. The van der Waals surface area contributed by atoms with Crippen molar-refractivity contribution in [1.29, 1.82) is 0 Å². The van der Waals surface area contributed by atoms with E-state index in [4.69, 9.17) is 5.53 Å². The molecule has 0 saturated heterocycles. The van der Waals surface area contributed by atoms with Gasteiger partial charge in [0.2, 0.25) is 0 Å². The van der Waals surface area contributed by atoms with Gasteiger partial charge in [0.15, 0.2) is 6.29 Å². The van der Waals surface area contributed by atoms with Gasteiger partial charge < -0.3 is 4.57 Å². The highest BCUT2D eigenvalue weighted by Gasteiger charge is 2.19. The fourth-order valence-electron chi connectivity index (χ4n) is 2.70. The van der Waals surface area contributed by atoms with Crippen LogP contribution < -0.4 is 5.56 Å². The number of rotatable bonds is 2. The molecule has 0 spiro atoms. The molecule has 2 heterocycles. The van der Waals surface area contributed by atoms with E-state index in [1.165, 1.54) is 0 Å². The van der Waals surface area contributed by atoms with Crippen molar-refractivity contribution in [2.45, 2.75) is 19.4 Å². The maximum atomic E-state index is 12.3. The summed E-state index contributed by atoms with van der Waals surface area (Å²) in [6.07, 6.45) is 2.22. The van der Waals surface area contributed by atoms with E-state index < -0.39 is 0 Å². The highest BCUT2D eigenvalue weighted by molar-refractivity contribution is 6.00. The number of benzene rings is 1. The smallest absolute Gasteiger partial charge is 0.262 e. The molecule has 0 saturated carbocycles. The van der Waals surface area contributed by atoms with Crippen molar-refractivity contribution in [3.8, 4) is 0 Å². The Balaban J connectivity index is 2.61. The summed E-state index contributed by atoms with van der Waals surface area (Å²) in [6, 6.07) is 5.58. The largest absolute Gasteiger partial charge is 0.307 e. The second kappa shape index (κ2) is 4.26.